The second-order valence-corrected chi connectivity index (χ2v) is 4.62. The first kappa shape index (κ1) is 16.8. The third-order valence-electron chi connectivity index (χ3n) is 3.00. The summed E-state index contributed by atoms with van der Waals surface area (Å²) in [6, 6.07) is 7.48. The Hall–Kier alpha value is -1.23. The normalized spacial score (nSPS) is 13.2. The van der Waals surface area contributed by atoms with E-state index in [0.29, 0.717) is 13.0 Å². The Morgan fingerprint density at radius 2 is 1.80 bits per heavy atom. The zero-order chi connectivity index (χ0) is 15.0. The molecule has 0 aliphatic rings. The third kappa shape index (κ3) is 6.28. The fourth-order valence-electron chi connectivity index (χ4n) is 2.10. The van der Waals surface area contributed by atoms with Crippen molar-refractivity contribution in [2.24, 2.45) is 0 Å². The molecule has 5 heteroatoms. The molecule has 2 nitrogen and oxygen atoms in total. The molecule has 114 valence electrons. The molecule has 0 saturated carbocycles. The van der Waals surface area contributed by atoms with E-state index in [2.05, 4.69) is 5.32 Å². The van der Waals surface area contributed by atoms with Gasteiger partial charge in [-0.3, -0.25) is 0 Å². The number of ether oxygens (including phenoxy) is 1. The van der Waals surface area contributed by atoms with Gasteiger partial charge in [-0.1, -0.05) is 19.1 Å². The Morgan fingerprint density at radius 1 is 1.15 bits per heavy atom. The lowest BCUT2D eigenvalue weighted by Gasteiger charge is -2.19. The van der Waals surface area contributed by atoms with E-state index in [1.807, 2.05) is 38.1 Å². The maximum atomic E-state index is 12.2. The van der Waals surface area contributed by atoms with Crippen molar-refractivity contribution >= 4 is 0 Å². The lowest BCUT2D eigenvalue weighted by molar-refractivity contribution is -0.135. The number of nitrogens with one attached hydrogen (secondary N) is 1. The van der Waals surface area contributed by atoms with Gasteiger partial charge in [-0.25, -0.2) is 0 Å². The Balaban J connectivity index is 2.60. The average Bonchev–Trinajstić information content (AvgIpc) is 2.38. The van der Waals surface area contributed by atoms with Crippen LogP contribution in [-0.2, 0) is 0 Å². The van der Waals surface area contributed by atoms with Crippen LogP contribution in [-0.4, -0.2) is 19.3 Å². The minimum absolute atomic E-state index is 0.0435. The quantitative estimate of drug-likeness (QED) is 0.762. The lowest BCUT2D eigenvalue weighted by atomic mass is 10.0. The van der Waals surface area contributed by atoms with Crippen LogP contribution in [0.4, 0.5) is 13.2 Å². The van der Waals surface area contributed by atoms with E-state index in [-0.39, 0.29) is 12.5 Å². The van der Waals surface area contributed by atoms with E-state index in [9.17, 15) is 13.2 Å². The zero-order valence-corrected chi connectivity index (χ0v) is 12.0. The van der Waals surface area contributed by atoms with Crippen LogP contribution in [0.25, 0.3) is 0 Å². The van der Waals surface area contributed by atoms with Gasteiger partial charge in [0.2, 0.25) is 0 Å². The highest BCUT2D eigenvalue weighted by molar-refractivity contribution is 5.29. The van der Waals surface area contributed by atoms with Crippen LogP contribution in [0.2, 0.25) is 0 Å². The second-order valence-electron chi connectivity index (χ2n) is 4.62. The molecule has 1 rings (SSSR count). The number of halogens is 3. The van der Waals surface area contributed by atoms with Gasteiger partial charge >= 0.3 is 6.18 Å². The number of benzene rings is 1. The third-order valence-corrected chi connectivity index (χ3v) is 3.00. The first-order chi connectivity index (χ1) is 9.46. The second kappa shape index (κ2) is 8.15. The van der Waals surface area contributed by atoms with E-state index in [1.54, 1.807) is 0 Å². The summed E-state index contributed by atoms with van der Waals surface area (Å²) in [5.74, 6) is 0.779. The highest BCUT2D eigenvalue weighted by Gasteiger charge is 2.26. The van der Waals surface area contributed by atoms with E-state index in [4.69, 9.17) is 4.74 Å². The Bertz CT molecular complexity index is 376. The molecule has 0 saturated heterocycles. The molecule has 0 fully saturated rings. The predicted molar refractivity (Wildman–Crippen MR) is 73.9 cm³/mol. The summed E-state index contributed by atoms with van der Waals surface area (Å²) in [4.78, 5) is 0. The molecule has 0 spiro atoms. The van der Waals surface area contributed by atoms with Crippen LogP contribution in [0.15, 0.2) is 24.3 Å². The summed E-state index contributed by atoms with van der Waals surface area (Å²) < 4.78 is 41.9. The van der Waals surface area contributed by atoms with Gasteiger partial charge in [0.25, 0.3) is 0 Å². The molecule has 20 heavy (non-hydrogen) atoms. The molecule has 1 aromatic carbocycles. The van der Waals surface area contributed by atoms with Crippen LogP contribution >= 0.6 is 0 Å². The van der Waals surface area contributed by atoms with Crippen LogP contribution in [0, 0.1) is 0 Å². The molecular weight excluding hydrogens is 267 g/mol. The highest BCUT2D eigenvalue weighted by Crippen LogP contribution is 2.27. The minimum Gasteiger partial charge on any atom is -0.494 e. The van der Waals surface area contributed by atoms with E-state index >= 15 is 0 Å². The maximum Gasteiger partial charge on any atom is 0.389 e. The molecule has 0 aromatic heterocycles. The summed E-state index contributed by atoms with van der Waals surface area (Å²) in [6.07, 6.45) is -4.20. The van der Waals surface area contributed by atoms with Gasteiger partial charge in [0, 0.05) is 12.5 Å². The van der Waals surface area contributed by atoms with Crippen molar-refractivity contribution in [1.29, 1.82) is 0 Å². The van der Waals surface area contributed by atoms with Gasteiger partial charge in [0.15, 0.2) is 0 Å². The van der Waals surface area contributed by atoms with Gasteiger partial charge in [0.1, 0.15) is 5.75 Å². The van der Waals surface area contributed by atoms with Crippen molar-refractivity contribution in [2.45, 2.75) is 45.3 Å². The summed E-state index contributed by atoms with van der Waals surface area (Å²) in [6.45, 7) is 5.18. The van der Waals surface area contributed by atoms with E-state index in [1.165, 1.54) is 0 Å². The minimum atomic E-state index is -4.07. The molecule has 0 radical (unpaired) electrons. The summed E-state index contributed by atoms with van der Waals surface area (Å²) in [5, 5.41) is 3.23. The molecule has 1 atom stereocenters. The van der Waals surface area contributed by atoms with Crippen molar-refractivity contribution in [1.82, 2.24) is 5.32 Å². The van der Waals surface area contributed by atoms with Crippen LogP contribution in [0.3, 0.4) is 0 Å². The summed E-state index contributed by atoms with van der Waals surface area (Å²) in [7, 11) is 0. The van der Waals surface area contributed by atoms with Gasteiger partial charge in [0.05, 0.1) is 6.61 Å². The number of hydrogen-bond acceptors (Lipinski definition) is 2. The molecule has 1 unspecified atom stereocenters. The predicted octanol–water partition coefficient (Wildman–Crippen LogP) is 4.47. The van der Waals surface area contributed by atoms with Gasteiger partial charge < -0.3 is 10.1 Å². The van der Waals surface area contributed by atoms with Gasteiger partial charge in [-0.2, -0.15) is 13.2 Å². The highest BCUT2D eigenvalue weighted by atomic mass is 19.4. The molecule has 0 aliphatic carbocycles. The van der Waals surface area contributed by atoms with Crippen molar-refractivity contribution in [3.8, 4) is 5.75 Å². The molecule has 1 N–H and O–H groups in total. The molecule has 1 aromatic rings. The topological polar surface area (TPSA) is 21.3 Å². The molecule has 0 heterocycles. The molecule has 0 bridgehead atoms. The smallest absolute Gasteiger partial charge is 0.389 e. The lowest BCUT2D eigenvalue weighted by Crippen LogP contribution is -2.21. The first-order valence-corrected chi connectivity index (χ1v) is 6.99. The standard InChI is InChI=1S/C15H22F3NO/c1-3-19-14(6-5-11-15(16,17)18)12-7-9-13(10-8-12)20-4-2/h7-10,14,19H,3-6,11H2,1-2H3. The number of rotatable bonds is 8. The Labute approximate surface area is 118 Å². The number of hydrogen-bond donors (Lipinski definition) is 1. The SMILES string of the molecule is CCNC(CCCC(F)(F)F)c1ccc(OCC)cc1. The van der Waals surface area contributed by atoms with Crippen LogP contribution in [0.5, 0.6) is 5.75 Å². The van der Waals surface area contributed by atoms with Gasteiger partial charge in [-0.05, 0) is 44.0 Å². The maximum absolute atomic E-state index is 12.2. The molecule has 0 amide bonds. The van der Waals surface area contributed by atoms with Crippen LogP contribution in [0.1, 0.15) is 44.7 Å². The number of alkyl halides is 3. The van der Waals surface area contributed by atoms with E-state index < -0.39 is 12.6 Å². The van der Waals surface area contributed by atoms with Gasteiger partial charge in [-0.15, -0.1) is 0 Å². The van der Waals surface area contributed by atoms with Crippen molar-refractivity contribution in [3.63, 3.8) is 0 Å². The fourth-order valence-corrected chi connectivity index (χ4v) is 2.10. The average molecular weight is 289 g/mol. The summed E-state index contributed by atoms with van der Waals surface area (Å²) >= 11 is 0. The molecular formula is C15H22F3NO. The van der Waals surface area contributed by atoms with E-state index in [0.717, 1.165) is 17.9 Å². The summed E-state index contributed by atoms with van der Waals surface area (Å²) in [5.41, 5.74) is 0.998. The Kier molecular flexibility index (Phi) is 6.85. The largest absolute Gasteiger partial charge is 0.494 e. The fraction of sp³-hybridized carbons (Fsp3) is 0.600. The Morgan fingerprint density at radius 3 is 2.30 bits per heavy atom. The zero-order valence-electron chi connectivity index (χ0n) is 12.0. The molecule has 0 aliphatic heterocycles. The van der Waals surface area contributed by atoms with Crippen LogP contribution < -0.4 is 10.1 Å². The van der Waals surface area contributed by atoms with Crippen molar-refractivity contribution in [2.75, 3.05) is 13.2 Å². The van der Waals surface area contributed by atoms with Crippen molar-refractivity contribution in [3.05, 3.63) is 29.8 Å². The van der Waals surface area contributed by atoms with Crippen molar-refractivity contribution < 1.29 is 17.9 Å². The monoisotopic (exact) mass is 289 g/mol. The first-order valence-electron chi connectivity index (χ1n) is 6.99.